The van der Waals surface area contributed by atoms with E-state index in [1.54, 1.807) is 48.5 Å². The van der Waals surface area contributed by atoms with E-state index in [1.165, 1.54) is 6.21 Å². The molecule has 3 rings (SSSR count). The number of hydrogen-bond acceptors (Lipinski definition) is 5. The van der Waals surface area contributed by atoms with Crippen molar-refractivity contribution in [2.24, 2.45) is 5.10 Å². The van der Waals surface area contributed by atoms with Crippen LogP contribution < -0.4 is 21.0 Å². The summed E-state index contributed by atoms with van der Waals surface area (Å²) >= 11 is 0. The minimum atomic E-state index is -0.954. The van der Waals surface area contributed by atoms with Crippen molar-refractivity contribution in [1.29, 1.82) is 0 Å². The second-order valence-electron chi connectivity index (χ2n) is 7.00. The van der Waals surface area contributed by atoms with E-state index in [-0.39, 0.29) is 11.3 Å². The topological polar surface area (TPSA) is 103 Å². The number of carbonyl (C=O) groups is 3. The second kappa shape index (κ2) is 10.5. The summed E-state index contributed by atoms with van der Waals surface area (Å²) in [7, 11) is 3.87. The summed E-state index contributed by atoms with van der Waals surface area (Å²) < 4.78 is 0. The third-order valence-electron chi connectivity index (χ3n) is 4.45. The van der Waals surface area contributed by atoms with Crippen LogP contribution >= 0.6 is 0 Å². The number of rotatable bonds is 6. The number of para-hydroxylation sites is 2. The summed E-state index contributed by atoms with van der Waals surface area (Å²) in [5, 5.41) is 9.02. The first-order valence-corrected chi connectivity index (χ1v) is 9.81. The van der Waals surface area contributed by atoms with E-state index < -0.39 is 17.7 Å². The molecular formula is C24H23N5O3. The summed E-state index contributed by atoms with van der Waals surface area (Å²) in [6.45, 7) is 0. The van der Waals surface area contributed by atoms with Gasteiger partial charge < -0.3 is 15.5 Å². The lowest BCUT2D eigenvalue weighted by Crippen LogP contribution is -2.33. The Kier molecular flexibility index (Phi) is 7.32. The molecule has 3 aromatic carbocycles. The van der Waals surface area contributed by atoms with Gasteiger partial charge in [0.1, 0.15) is 0 Å². The van der Waals surface area contributed by atoms with E-state index in [9.17, 15) is 14.4 Å². The van der Waals surface area contributed by atoms with Crippen LogP contribution in [0, 0.1) is 0 Å². The number of hydrogen-bond donors (Lipinski definition) is 3. The minimum absolute atomic E-state index is 0.212. The van der Waals surface area contributed by atoms with E-state index in [1.807, 2.05) is 49.3 Å². The predicted molar refractivity (Wildman–Crippen MR) is 126 cm³/mol. The average Bonchev–Trinajstić information content (AvgIpc) is 2.80. The molecule has 8 nitrogen and oxygen atoms in total. The van der Waals surface area contributed by atoms with Crippen molar-refractivity contribution in [3.63, 3.8) is 0 Å². The molecule has 0 saturated heterocycles. The van der Waals surface area contributed by atoms with Gasteiger partial charge in [-0.15, -0.1) is 0 Å². The predicted octanol–water partition coefficient (Wildman–Crippen LogP) is 3.09. The maximum absolute atomic E-state index is 12.6. The molecule has 0 spiro atoms. The molecule has 32 heavy (non-hydrogen) atoms. The van der Waals surface area contributed by atoms with E-state index in [2.05, 4.69) is 21.2 Å². The first kappa shape index (κ1) is 22.2. The molecule has 0 atom stereocenters. The van der Waals surface area contributed by atoms with Gasteiger partial charge in [0.15, 0.2) is 0 Å². The van der Waals surface area contributed by atoms with Crippen molar-refractivity contribution < 1.29 is 14.4 Å². The van der Waals surface area contributed by atoms with Gasteiger partial charge in [-0.3, -0.25) is 14.4 Å². The number of amides is 3. The highest BCUT2D eigenvalue weighted by Gasteiger charge is 2.17. The fourth-order valence-corrected chi connectivity index (χ4v) is 2.76. The van der Waals surface area contributed by atoms with Gasteiger partial charge in [-0.1, -0.05) is 42.5 Å². The highest BCUT2D eigenvalue weighted by molar-refractivity contribution is 6.40. The molecule has 3 aromatic rings. The number of benzene rings is 3. The molecule has 0 aliphatic heterocycles. The molecule has 0 aliphatic rings. The third-order valence-corrected chi connectivity index (χ3v) is 4.45. The first-order chi connectivity index (χ1) is 15.4. The zero-order valence-corrected chi connectivity index (χ0v) is 17.7. The van der Waals surface area contributed by atoms with Crippen LogP contribution in [0.3, 0.4) is 0 Å². The normalized spacial score (nSPS) is 10.4. The average molecular weight is 429 g/mol. The van der Waals surface area contributed by atoms with Crippen LogP contribution in [-0.2, 0) is 9.59 Å². The molecule has 3 amide bonds. The van der Waals surface area contributed by atoms with Crippen molar-refractivity contribution in [2.45, 2.75) is 0 Å². The van der Waals surface area contributed by atoms with E-state index >= 15 is 0 Å². The summed E-state index contributed by atoms with van der Waals surface area (Å²) in [5.41, 5.74) is 5.03. The lowest BCUT2D eigenvalue weighted by atomic mass is 10.1. The minimum Gasteiger partial charge on any atom is -0.378 e. The molecule has 0 aliphatic carbocycles. The van der Waals surface area contributed by atoms with E-state index in [0.717, 1.165) is 11.3 Å². The molecule has 0 aromatic heterocycles. The van der Waals surface area contributed by atoms with Gasteiger partial charge in [-0.25, -0.2) is 5.43 Å². The van der Waals surface area contributed by atoms with Gasteiger partial charge >= 0.3 is 11.8 Å². The van der Waals surface area contributed by atoms with Crippen LogP contribution in [0.2, 0.25) is 0 Å². The van der Waals surface area contributed by atoms with Crippen LogP contribution in [0.5, 0.6) is 0 Å². The molecule has 0 bridgehead atoms. The van der Waals surface area contributed by atoms with Crippen LogP contribution in [0.15, 0.2) is 84.0 Å². The standard InChI is InChI=1S/C24H23N5O3/c1-29(2)19-14-12-17(13-15-19)16-25-28-24(32)23(31)27-21-11-7-6-10-20(21)22(30)26-18-8-4-3-5-9-18/h3-16H,1-2H3,(H,26,30)(H,27,31)(H,28,32)/b25-16-. The Hall–Kier alpha value is -4.46. The van der Waals surface area contributed by atoms with Gasteiger partial charge in [0.25, 0.3) is 5.91 Å². The van der Waals surface area contributed by atoms with Crippen molar-refractivity contribution in [2.75, 3.05) is 29.6 Å². The van der Waals surface area contributed by atoms with Crippen molar-refractivity contribution >= 4 is 41.0 Å². The number of carbonyl (C=O) groups excluding carboxylic acids is 3. The number of anilines is 3. The second-order valence-corrected chi connectivity index (χ2v) is 7.00. The highest BCUT2D eigenvalue weighted by Crippen LogP contribution is 2.17. The van der Waals surface area contributed by atoms with E-state index in [0.29, 0.717) is 5.69 Å². The summed E-state index contributed by atoms with van der Waals surface area (Å²) in [6, 6.07) is 22.8. The smallest absolute Gasteiger partial charge is 0.329 e. The molecular weight excluding hydrogens is 406 g/mol. The molecule has 0 saturated carbocycles. The quantitative estimate of drug-likeness (QED) is 0.318. The third kappa shape index (κ3) is 6.02. The molecule has 162 valence electrons. The zero-order chi connectivity index (χ0) is 22.9. The molecule has 0 fully saturated rings. The van der Waals surface area contributed by atoms with Gasteiger partial charge in [-0.05, 0) is 42.0 Å². The van der Waals surface area contributed by atoms with Crippen LogP contribution in [0.1, 0.15) is 15.9 Å². The highest BCUT2D eigenvalue weighted by atomic mass is 16.2. The molecule has 0 unspecified atom stereocenters. The molecule has 3 N–H and O–H groups in total. The summed E-state index contributed by atoms with van der Waals surface area (Å²) in [5.74, 6) is -2.30. The van der Waals surface area contributed by atoms with Gasteiger partial charge in [0, 0.05) is 25.5 Å². The Morgan fingerprint density at radius 1 is 0.781 bits per heavy atom. The Morgan fingerprint density at radius 2 is 1.44 bits per heavy atom. The monoisotopic (exact) mass is 429 g/mol. The Morgan fingerprint density at radius 3 is 2.12 bits per heavy atom. The van der Waals surface area contributed by atoms with Crippen molar-refractivity contribution in [3.05, 3.63) is 90.0 Å². The maximum Gasteiger partial charge on any atom is 0.329 e. The summed E-state index contributed by atoms with van der Waals surface area (Å²) in [4.78, 5) is 38.9. The Labute approximate surface area is 185 Å². The largest absolute Gasteiger partial charge is 0.378 e. The van der Waals surface area contributed by atoms with Crippen LogP contribution in [0.4, 0.5) is 17.1 Å². The van der Waals surface area contributed by atoms with Crippen LogP contribution in [0.25, 0.3) is 0 Å². The Balaban J connectivity index is 1.60. The number of hydrazone groups is 1. The van der Waals surface area contributed by atoms with Crippen molar-refractivity contribution in [3.8, 4) is 0 Å². The fourth-order valence-electron chi connectivity index (χ4n) is 2.76. The van der Waals surface area contributed by atoms with Gasteiger partial charge in [0.2, 0.25) is 0 Å². The SMILES string of the molecule is CN(C)c1ccc(/C=N\NC(=O)C(=O)Nc2ccccc2C(=O)Nc2ccccc2)cc1. The molecule has 0 radical (unpaired) electrons. The molecule has 8 heteroatoms. The zero-order valence-electron chi connectivity index (χ0n) is 17.7. The lowest BCUT2D eigenvalue weighted by Gasteiger charge is -2.11. The Bertz CT molecular complexity index is 1130. The van der Waals surface area contributed by atoms with Crippen molar-refractivity contribution in [1.82, 2.24) is 5.43 Å². The summed E-state index contributed by atoms with van der Waals surface area (Å²) in [6.07, 6.45) is 1.44. The maximum atomic E-state index is 12.6. The van der Waals surface area contributed by atoms with Gasteiger partial charge in [0.05, 0.1) is 17.5 Å². The number of nitrogens with zero attached hydrogens (tertiary/aromatic N) is 2. The van der Waals surface area contributed by atoms with Crippen LogP contribution in [-0.4, -0.2) is 38.0 Å². The van der Waals surface area contributed by atoms with E-state index in [4.69, 9.17) is 0 Å². The lowest BCUT2D eigenvalue weighted by molar-refractivity contribution is -0.136. The molecule has 0 heterocycles. The fraction of sp³-hybridized carbons (Fsp3) is 0.0833. The number of nitrogens with one attached hydrogen (secondary N) is 3. The first-order valence-electron chi connectivity index (χ1n) is 9.81. The van der Waals surface area contributed by atoms with Gasteiger partial charge in [-0.2, -0.15) is 5.10 Å².